The summed E-state index contributed by atoms with van der Waals surface area (Å²) in [5, 5.41) is 7.49. The number of hydrogen-bond donors (Lipinski definition) is 1. The molecule has 0 spiro atoms. The summed E-state index contributed by atoms with van der Waals surface area (Å²) in [4.78, 5) is 42.6. The van der Waals surface area contributed by atoms with E-state index in [-0.39, 0.29) is 30.7 Å². The summed E-state index contributed by atoms with van der Waals surface area (Å²) >= 11 is 0. The van der Waals surface area contributed by atoms with Gasteiger partial charge in [0.2, 0.25) is 5.91 Å². The van der Waals surface area contributed by atoms with Crippen molar-refractivity contribution in [1.82, 2.24) is 25.0 Å². The van der Waals surface area contributed by atoms with Gasteiger partial charge in [-0.05, 0) is 56.5 Å². The van der Waals surface area contributed by atoms with Gasteiger partial charge in [0.15, 0.2) is 5.82 Å². The largest absolute Gasteiger partial charge is 0.356 e. The average Bonchev–Trinajstić information content (AvgIpc) is 3.22. The summed E-state index contributed by atoms with van der Waals surface area (Å²) in [5.74, 6) is 0.0781. The average molecular weight is 431 g/mol. The van der Waals surface area contributed by atoms with Gasteiger partial charge in [0.05, 0.1) is 16.8 Å². The fourth-order valence-corrected chi connectivity index (χ4v) is 3.99. The van der Waals surface area contributed by atoms with Gasteiger partial charge in [-0.3, -0.25) is 19.3 Å². The van der Waals surface area contributed by atoms with E-state index in [2.05, 4.69) is 15.4 Å². The summed E-state index contributed by atoms with van der Waals surface area (Å²) in [6, 6.07) is 12.5. The molecule has 1 aliphatic rings. The first-order valence-corrected chi connectivity index (χ1v) is 10.7. The van der Waals surface area contributed by atoms with Crippen LogP contribution in [0.25, 0.3) is 5.82 Å². The number of rotatable bonds is 8. The topological polar surface area (TPSA) is 97.2 Å². The van der Waals surface area contributed by atoms with Crippen molar-refractivity contribution in [1.29, 1.82) is 0 Å². The number of imide groups is 1. The molecule has 2 aromatic heterocycles. The van der Waals surface area contributed by atoms with E-state index < -0.39 is 0 Å². The first-order valence-electron chi connectivity index (χ1n) is 10.7. The lowest BCUT2D eigenvalue weighted by Gasteiger charge is -2.13. The highest BCUT2D eigenvalue weighted by atomic mass is 16.2. The normalized spacial score (nSPS) is 12.9. The Balaban J connectivity index is 1.25. The number of carbonyl (C=O) groups excluding carboxylic acids is 3. The standard InChI is InChI=1S/C24H25N5O3/c1-16-18(17(2)29(27-16)21-10-5-6-13-25-21)12-14-26-22(30)11-7-15-28-23(31)19-8-3-4-9-20(19)24(28)32/h3-6,8-10,13H,7,11-12,14-15H2,1-2H3,(H,26,30). The highest BCUT2D eigenvalue weighted by Crippen LogP contribution is 2.22. The van der Waals surface area contributed by atoms with Crippen LogP contribution < -0.4 is 5.32 Å². The van der Waals surface area contributed by atoms with Crippen molar-refractivity contribution in [3.05, 3.63) is 76.7 Å². The number of amides is 3. The number of aromatic nitrogens is 3. The Hall–Kier alpha value is -3.81. The monoisotopic (exact) mass is 431 g/mol. The van der Waals surface area contributed by atoms with Crippen LogP contribution in [0.1, 0.15) is 50.5 Å². The molecule has 0 saturated carbocycles. The third-order valence-electron chi connectivity index (χ3n) is 5.67. The molecular formula is C24H25N5O3. The minimum atomic E-state index is -0.290. The number of aryl methyl sites for hydroxylation is 1. The molecule has 32 heavy (non-hydrogen) atoms. The van der Waals surface area contributed by atoms with Gasteiger partial charge in [-0.2, -0.15) is 5.10 Å². The van der Waals surface area contributed by atoms with Crippen LogP contribution in [0, 0.1) is 13.8 Å². The lowest BCUT2D eigenvalue weighted by Crippen LogP contribution is -2.32. The van der Waals surface area contributed by atoms with Crippen LogP contribution in [0.4, 0.5) is 0 Å². The van der Waals surface area contributed by atoms with Crippen LogP contribution in [-0.2, 0) is 11.2 Å². The van der Waals surface area contributed by atoms with Crippen molar-refractivity contribution in [2.24, 2.45) is 0 Å². The fourth-order valence-electron chi connectivity index (χ4n) is 3.99. The predicted octanol–water partition coefficient (Wildman–Crippen LogP) is 2.62. The first-order chi connectivity index (χ1) is 15.5. The van der Waals surface area contributed by atoms with E-state index in [1.165, 1.54) is 4.90 Å². The molecule has 1 aromatic carbocycles. The van der Waals surface area contributed by atoms with Crippen LogP contribution in [0.15, 0.2) is 48.7 Å². The molecule has 0 atom stereocenters. The Morgan fingerprint density at radius 2 is 1.69 bits per heavy atom. The van der Waals surface area contributed by atoms with E-state index in [4.69, 9.17) is 0 Å². The van der Waals surface area contributed by atoms with Gasteiger partial charge < -0.3 is 5.32 Å². The first kappa shape index (κ1) is 21.4. The van der Waals surface area contributed by atoms with Crippen LogP contribution in [0.5, 0.6) is 0 Å². The van der Waals surface area contributed by atoms with Gasteiger partial charge in [0, 0.05) is 31.4 Å². The summed E-state index contributed by atoms with van der Waals surface area (Å²) < 4.78 is 1.81. The molecule has 3 amide bonds. The molecule has 0 bridgehead atoms. The number of benzene rings is 1. The molecule has 0 aliphatic carbocycles. The molecule has 0 saturated heterocycles. The van der Waals surface area contributed by atoms with Gasteiger partial charge in [-0.15, -0.1) is 0 Å². The highest BCUT2D eigenvalue weighted by Gasteiger charge is 2.34. The fraction of sp³-hybridized carbons (Fsp3) is 0.292. The lowest BCUT2D eigenvalue weighted by molar-refractivity contribution is -0.121. The third kappa shape index (κ3) is 4.16. The molecule has 3 aromatic rings. The van der Waals surface area contributed by atoms with Crippen LogP contribution in [-0.4, -0.2) is 50.5 Å². The van der Waals surface area contributed by atoms with Crippen LogP contribution in [0.2, 0.25) is 0 Å². The second-order valence-electron chi connectivity index (χ2n) is 7.76. The molecule has 4 rings (SSSR count). The zero-order valence-corrected chi connectivity index (χ0v) is 18.2. The zero-order valence-electron chi connectivity index (χ0n) is 18.2. The Bertz CT molecular complexity index is 1130. The van der Waals surface area contributed by atoms with Gasteiger partial charge in [-0.1, -0.05) is 18.2 Å². The third-order valence-corrected chi connectivity index (χ3v) is 5.67. The van der Waals surface area contributed by atoms with Gasteiger partial charge in [-0.25, -0.2) is 9.67 Å². The molecule has 8 nitrogen and oxygen atoms in total. The number of nitrogens with one attached hydrogen (secondary N) is 1. The van der Waals surface area contributed by atoms with Crippen molar-refractivity contribution in [3.63, 3.8) is 0 Å². The maximum Gasteiger partial charge on any atom is 0.261 e. The number of hydrogen-bond acceptors (Lipinski definition) is 5. The molecule has 3 heterocycles. The number of nitrogens with zero attached hydrogens (tertiary/aromatic N) is 4. The Morgan fingerprint density at radius 3 is 2.34 bits per heavy atom. The van der Waals surface area contributed by atoms with Crippen molar-refractivity contribution in [2.75, 3.05) is 13.1 Å². The number of pyridine rings is 1. The summed E-state index contributed by atoms with van der Waals surface area (Å²) in [6.07, 6.45) is 3.06. The quantitative estimate of drug-likeness (QED) is 0.553. The second-order valence-corrected chi connectivity index (χ2v) is 7.76. The van der Waals surface area contributed by atoms with Gasteiger partial charge in [0.1, 0.15) is 0 Å². The van der Waals surface area contributed by atoms with Crippen molar-refractivity contribution < 1.29 is 14.4 Å². The molecule has 1 aliphatic heterocycles. The maximum atomic E-state index is 12.4. The molecule has 0 fully saturated rings. The summed E-state index contributed by atoms with van der Waals surface area (Å²) in [7, 11) is 0. The molecule has 164 valence electrons. The number of carbonyl (C=O) groups is 3. The molecule has 0 unspecified atom stereocenters. The number of fused-ring (bicyclic) bond motifs is 1. The zero-order chi connectivity index (χ0) is 22.7. The SMILES string of the molecule is Cc1nn(-c2ccccn2)c(C)c1CCNC(=O)CCCN1C(=O)c2ccccc2C1=O. The maximum absolute atomic E-state index is 12.4. The predicted molar refractivity (Wildman–Crippen MR) is 119 cm³/mol. The summed E-state index contributed by atoms with van der Waals surface area (Å²) in [5.41, 5.74) is 3.86. The van der Waals surface area contributed by atoms with E-state index >= 15 is 0 Å². The van der Waals surface area contributed by atoms with Gasteiger partial charge >= 0.3 is 0 Å². The Labute approximate surface area is 186 Å². The molecule has 0 radical (unpaired) electrons. The van der Waals surface area contributed by atoms with Crippen molar-refractivity contribution in [2.45, 2.75) is 33.1 Å². The van der Waals surface area contributed by atoms with E-state index in [1.54, 1.807) is 30.5 Å². The smallest absolute Gasteiger partial charge is 0.261 e. The minimum absolute atomic E-state index is 0.103. The highest BCUT2D eigenvalue weighted by molar-refractivity contribution is 6.21. The van der Waals surface area contributed by atoms with E-state index in [1.807, 2.05) is 36.7 Å². The van der Waals surface area contributed by atoms with E-state index in [0.717, 1.165) is 22.8 Å². The Morgan fingerprint density at radius 1 is 1.00 bits per heavy atom. The van der Waals surface area contributed by atoms with Crippen molar-refractivity contribution >= 4 is 17.7 Å². The van der Waals surface area contributed by atoms with E-state index in [9.17, 15) is 14.4 Å². The Kier molecular flexibility index (Phi) is 6.11. The lowest BCUT2D eigenvalue weighted by atomic mass is 10.1. The second kappa shape index (κ2) is 9.13. The molecule has 1 N–H and O–H groups in total. The van der Waals surface area contributed by atoms with Crippen LogP contribution >= 0.6 is 0 Å². The molecule has 8 heteroatoms. The molecular weight excluding hydrogens is 406 g/mol. The van der Waals surface area contributed by atoms with Crippen LogP contribution in [0.3, 0.4) is 0 Å². The van der Waals surface area contributed by atoms with E-state index in [0.29, 0.717) is 30.5 Å². The summed E-state index contributed by atoms with van der Waals surface area (Å²) in [6.45, 7) is 4.66. The van der Waals surface area contributed by atoms with Crippen molar-refractivity contribution in [3.8, 4) is 5.82 Å². The van der Waals surface area contributed by atoms with Gasteiger partial charge in [0.25, 0.3) is 11.8 Å². The minimum Gasteiger partial charge on any atom is -0.356 e.